The number of tetrazole rings is 1. The van der Waals surface area contributed by atoms with Gasteiger partial charge in [-0.25, -0.2) is 4.39 Å². The minimum absolute atomic E-state index is 0.0352. The second-order valence-corrected chi connectivity index (χ2v) is 6.72. The molecule has 1 amide bonds. The first-order valence-electron chi connectivity index (χ1n) is 9.33. The zero-order valence-corrected chi connectivity index (χ0v) is 16.0. The Labute approximate surface area is 167 Å². The van der Waals surface area contributed by atoms with Gasteiger partial charge in [-0.2, -0.15) is 4.80 Å². The molecule has 0 unspecified atom stereocenters. The number of aromatic nitrogens is 4. The third kappa shape index (κ3) is 4.34. The van der Waals surface area contributed by atoms with Gasteiger partial charge in [0.15, 0.2) is 0 Å². The number of hydrogen-bond donors (Lipinski definition) is 0. The third-order valence-corrected chi connectivity index (χ3v) is 4.88. The van der Waals surface area contributed by atoms with Crippen molar-refractivity contribution in [1.82, 2.24) is 25.1 Å². The summed E-state index contributed by atoms with van der Waals surface area (Å²) in [4.78, 5) is 17.8. The van der Waals surface area contributed by atoms with Gasteiger partial charge in [0.1, 0.15) is 18.1 Å². The molecule has 0 spiro atoms. The molecule has 1 aliphatic heterocycles. The Kier molecular flexibility index (Phi) is 5.37. The SMILES string of the molecule is COc1cccc(-c2nnn(CC(=O)N3CCN(c4ccc(F)cc4)CC3)n2)c1. The predicted octanol–water partition coefficient (Wildman–Crippen LogP) is 1.84. The first-order chi connectivity index (χ1) is 14.1. The maximum Gasteiger partial charge on any atom is 0.246 e. The topological polar surface area (TPSA) is 76.4 Å². The molecule has 0 aliphatic carbocycles. The van der Waals surface area contributed by atoms with Gasteiger partial charge in [0, 0.05) is 37.4 Å². The van der Waals surface area contributed by atoms with Gasteiger partial charge >= 0.3 is 0 Å². The van der Waals surface area contributed by atoms with Crippen molar-refractivity contribution in [2.75, 3.05) is 38.2 Å². The van der Waals surface area contributed by atoms with E-state index in [1.165, 1.54) is 16.9 Å². The zero-order valence-electron chi connectivity index (χ0n) is 16.0. The number of amides is 1. The van der Waals surface area contributed by atoms with Crippen LogP contribution in [0.4, 0.5) is 10.1 Å². The van der Waals surface area contributed by atoms with Crippen LogP contribution in [0.1, 0.15) is 0 Å². The summed E-state index contributed by atoms with van der Waals surface area (Å²) in [6, 6.07) is 13.8. The lowest BCUT2D eigenvalue weighted by Crippen LogP contribution is -2.49. The summed E-state index contributed by atoms with van der Waals surface area (Å²) >= 11 is 0. The molecule has 2 aromatic carbocycles. The van der Waals surface area contributed by atoms with Crippen LogP contribution in [0.5, 0.6) is 5.75 Å². The maximum atomic E-state index is 13.1. The Morgan fingerprint density at radius 1 is 1.10 bits per heavy atom. The van der Waals surface area contributed by atoms with Crippen molar-refractivity contribution in [3.05, 3.63) is 54.3 Å². The number of benzene rings is 2. The molecule has 9 heteroatoms. The number of methoxy groups -OCH3 is 1. The van der Waals surface area contributed by atoms with E-state index >= 15 is 0 Å². The molecule has 150 valence electrons. The molecule has 1 fully saturated rings. The van der Waals surface area contributed by atoms with Crippen LogP contribution in [0.2, 0.25) is 0 Å². The first kappa shape index (κ1) is 18.9. The molecule has 0 bridgehead atoms. The number of carbonyl (C=O) groups excluding carboxylic acids is 1. The maximum absolute atomic E-state index is 13.1. The molecular weight excluding hydrogens is 375 g/mol. The van der Waals surface area contributed by atoms with E-state index in [9.17, 15) is 9.18 Å². The van der Waals surface area contributed by atoms with E-state index in [4.69, 9.17) is 4.74 Å². The summed E-state index contributed by atoms with van der Waals surface area (Å²) in [5.41, 5.74) is 1.73. The summed E-state index contributed by atoms with van der Waals surface area (Å²) in [5.74, 6) is 0.835. The van der Waals surface area contributed by atoms with Crippen molar-refractivity contribution in [2.45, 2.75) is 6.54 Å². The van der Waals surface area contributed by atoms with Gasteiger partial charge in [0.25, 0.3) is 0 Å². The molecule has 1 aliphatic rings. The number of hydrogen-bond acceptors (Lipinski definition) is 6. The second kappa shape index (κ2) is 8.26. The molecule has 1 aromatic heterocycles. The van der Waals surface area contributed by atoms with Gasteiger partial charge in [-0.3, -0.25) is 4.79 Å². The molecule has 0 N–H and O–H groups in total. The molecule has 0 atom stereocenters. The van der Waals surface area contributed by atoms with Gasteiger partial charge in [0.2, 0.25) is 11.7 Å². The molecule has 0 saturated carbocycles. The molecule has 4 rings (SSSR count). The fourth-order valence-corrected chi connectivity index (χ4v) is 3.27. The van der Waals surface area contributed by atoms with Crippen molar-refractivity contribution >= 4 is 11.6 Å². The highest BCUT2D eigenvalue weighted by Crippen LogP contribution is 2.20. The van der Waals surface area contributed by atoms with Crippen LogP contribution in [-0.2, 0) is 11.3 Å². The number of ether oxygens (including phenoxy) is 1. The Bertz CT molecular complexity index is 983. The van der Waals surface area contributed by atoms with Crippen LogP contribution in [0.3, 0.4) is 0 Å². The van der Waals surface area contributed by atoms with E-state index in [1.54, 1.807) is 24.1 Å². The quantitative estimate of drug-likeness (QED) is 0.655. The van der Waals surface area contributed by atoms with Crippen LogP contribution >= 0.6 is 0 Å². The molecule has 0 radical (unpaired) electrons. The normalized spacial score (nSPS) is 14.1. The van der Waals surface area contributed by atoms with Crippen LogP contribution in [0.15, 0.2) is 48.5 Å². The minimum Gasteiger partial charge on any atom is -0.497 e. The Hall–Kier alpha value is -3.49. The zero-order chi connectivity index (χ0) is 20.2. The van der Waals surface area contributed by atoms with E-state index in [0.29, 0.717) is 37.8 Å². The first-order valence-corrected chi connectivity index (χ1v) is 9.33. The van der Waals surface area contributed by atoms with Crippen LogP contribution in [0.25, 0.3) is 11.4 Å². The van der Waals surface area contributed by atoms with E-state index in [0.717, 1.165) is 11.3 Å². The number of rotatable bonds is 5. The smallest absolute Gasteiger partial charge is 0.246 e. The molecular formula is C20H21FN6O2. The largest absolute Gasteiger partial charge is 0.497 e. The van der Waals surface area contributed by atoms with Gasteiger partial charge in [-0.1, -0.05) is 12.1 Å². The van der Waals surface area contributed by atoms with Gasteiger partial charge in [0.05, 0.1) is 7.11 Å². The summed E-state index contributed by atoms with van der Waals surface area (Å²) < 4.78 is 18.3. The van der Waals surface area contributed by atoms with Crippen molar-refractivity contribution in [3.63, 3.8) is 0 Å². The molecule has 8 nitrogen and oxygen atoms in total. The second-order valence-electron chi connectivity index (χ2n) is 6.72. The molecule has 29 heavy (non-hydrogen) atoms. The lowest BCUT2D eigenvalue weighted by molar-refractivity contribution is -0.132. The highest BCUT2D eigenvalue weighted by molar-refractivity contribution is 5.76. The lowest BCUT2D eigenvalue weighted by atomic mass is 10.2. The van der Waals surface area contributed by atoms with E-state index in [1.807, 2.05) is 24.3 Å². The van der Waals surface area contributed by atoms with Crippen LogP contribution in [0, 0.1) is 5.82 Å². The van der Waals surface area contributed by atoms with Crippen LogP contribution < -0.4 is 9.64 Å². The molecule has 2 heterocycles. The average molecular weight is 396 g/mol. The average Bonchev–Trinajstić information content (AvgIpc) is 3.23. The predicted molar refractivity (Wildman–Crippen MR) is 105 cm³/mol. The van der Waals surface area contributed by atoms with Gasteiger partial charge < -0.3 is 14.5 Å². The Morgan fingerprint density at radius 3 is 2.59 bits per heavy atom. The number of halogens is 1. The minimum atomic E-state index is -0.254. The van der Waals surface area contributed by atoms with Crippen LogP contribution in [-0.4, -0.2) is 64.3 Å². The number of piperazine rings is 1. The number of nitrogens with zero attached hydrogens (tertiary/aromatic N) is 6. The molecule has 3 aromatic rings. The fraction of sp³-hybridized carbons (Fsp3) is 0.300. The summed E-state index contributed by atoms with van der Waals surface area (Å²) in [7, 11) is 1.60. The van der Waals surface area contributed by atoms with Crippen molar-refractivity contribution in [2.24, 2.45) is 0 Å². The highest BCUT2D eigenvalue weighted by atomic mass is 19.1. The number of carbonyl (C=O) groups is 1. The fourth-order valence-electron chi connectivity index (χ4n) is 3.27. The molecule has 1 saturated heterocycles. The Morgan fingerprint density at radius 2 is 1.86 bits per heavy atom. The summed E-state index contributed by atoms with van der Waals surface area (Å²) in [6.07, 6.45) is 0. The van der Waals surface area contributed by atoms with Gasteiger partial charge in [-0.05, 0) is 41.6 Å². The highest BCUT2D eigenvalue weighted by Gasteiger charge is 2.22. The van der Waals surface area contributed by atoms with E-state index in [-0.39, 0.29) is 18.3 Å². The van der Waals surface area contributed by atoms with Crippen molar-refractivity contribution in [1.29, 1.82) is 0 Å². The number of anilines is 1. The summed E-state index contributed by atoms with van der Waals surface area (Å²) in [5, 5.41) is 12.3. The third-order valence-electron chi connectivity index (χ3n) is 4.88. The monoisotopic (exact) mass is 396 g/mol. The van der Waals surface area contributed by atoms with Crippen molar-refractivity contribution < 1.29 is 13.9 Å². The summed E-state index contributed by atoms with van der Waals surface area (Å²) in [6.45, 7) is 2.60. The van der Waals surface area contributed by atoms with Crippen molar-refractivity contribution in [3.8, 4) is 17.1 Å². The van der Waals surface area contributed by atoms with Gasteiger partial charge in [-0.15, -0.1) is 10.2 Å². The standard InChI is InChI=1S/C20H21FN6O2/c1-29-18-4-2-3-15(13-18)20-22-24-27(23-20)14-19(28)26-11-9-25(10-12-26)17-7-5-16(21)6-8-17/h2-8,13H,9-12,14H2,1H3. The van der Waals surface area contributed by atoms with E-state index < -0.39 is 0 Å². The van der Waals surface area contributed by atoms with E-state index in [2.05, 4.69) is 20.3 Å². The Balaban J connectivity index is 1.34. The lowest BCUT2D eigenvalue weighted by Gasteiger charge is -2.36.